The quantitative estimate of drug-likeness (QED) is 0.804. The van der Waals surface area contributed by atoms with Gasteiger partial charge in [0.05, 0.1) is 6.04 Å². The van der Waals surface area contributed by atoms with E-state index in [4.69, 9.17) is 4.74 Å². The van der Waals surface area contributed by atoms with Crippen molar-refractivity contribution in [2.45, 2.75) is 66.5 Å². The summed E-state index contributed by atoms with van der Waals surface area (Å²) in [4.78, 5) is 24.0. The van der Waals surface area contributed by atoms with E-state index in [1.165, 1.54) is 0 Å². The van der Waals surface area contributed by atoms with Gasteiger partial charge in [-0.1, -0.05) is 45.0 Å². The lowest BCUT2D eigenvalue weighted by Crippen LogP contribution is -2.34. The van der Waals surface area contributed by atoms with Gasteiger partial charge < -0.3 is 10.1 Å². The number of hydrogen-bond donors (Lipinski definition) is 1. The zero-order chi connectivity index (χ0) is 17.8. The number of ketones is 1. The Morgan fingerprint density at radius 1 is 1.04 bits per heavy atom. The van der Waals surface area contributed by atoms with Gasteiger partial charge >= 0.3 is 6.09 Å². The first-order valence-electron chi connectivity index (χ1n) is 8.00. The number of Topliss-reactive ketones (excluding diaryl/α,β-unsaturated/α-hetero) is 1. The first kappa shape index (κ1) is 19.2. The summed E-state index contributed by atoms with van der Waals surface area (Å²) in [5.41, 5.74) is 1.09. The summed E-state index contributed by atoms with van der Waals surface area (Å²) in [7, 11) is 0. The molecule has 0 fully saturated rings. The van der Waals surface area contributed by atoms with Crippen molar-refractivity contribution < 1.29 is 14.3 Å². The van der Waals surface area contributed by atoms with Crippen molar-refractivity contribution in [3.8, 4) is 0 Å². The average Bonchev–Trinajstić information content (AvgIpc) is 2.34. The van der Waals surface area contributed by atoms with E-state index in [9.17, 15) is 9.59 Å². The van der Waals surface area contributed by atoms with Crippen LogP contribution in [0, 0.1) is 5.41 Å². The Bertz CT molecular complexity index is 547. The maximum absolute atomic E-state index is 12.2. The zero-order valence-corrected chi connectivity index (χ0v) is 15.3. The highest BCUT2D eigenvalue weighted by atomic mass is 16.6. The Morgan fingerprint density at radius 2 is 1.57 bits per heavy atom. The van der Waals surface area contributed by atoms with E-state index >= 15 is 0 Å². The summed E-state index contributed by atoms with van der Waals surface area (Å²) in [5, 5.41) is 2.79. The normalized spacial score (nSPS) is 13.3. The first-order chi connectivity index (χ1) is 10.4. The van der Waals surface area contributed by atoms with Gasteiger partial charge in [0.25, 0.3) is 0 Å². The predicted octanol–water partition coefficient (Wildman–Crippen LogP) is 4.89. The lowest BCUT2D eigenvalue weighted by Gasteiger charge is -2.22. The smallest absolute Gasteiger partial charge is 0.408 e. The molecule has 0 saturated carbocycles. The third-order valence-electron chi connectivity index (χ3n) is 3.16. The Labute approximate surface area is 139 Å². The largest absolute Gasteiger partial charge is 0.444 e. The molecule has 1 aromatic carbocycles. The van der Waals surface area contributed by atoms with Crippen molar-refractivity contribution in [3.63, 3.8) is 0 Å². The summed E-state index contributed by atoms with van der Waals surface area (Å²) in [5.74, 6) is 0.136. The summed E-state index contributed by atoms with van der Waals surface area (Å²) >= 11 is 0. The Kier molecular flexibility index (Phi) is 5.98. The first-order valence-corrected chi connectivity index (χ1v) is 8.00. The average molecular weight is 319 g/mol. The molecule has 1 atom stereocenters. The molecule has 1 rings (SSSR count). The van der Waals surface area contributed by atoms with Crippen molar-refractivity contribution in [1.82, 2.24) is 5.32 Å². The lowest BCUT2D eigenvalue weighted by molar-refractivity contribution is 0.0507. The van der Waals surface area contributed by atoms with Crippen LogP contribution in [0.25, 0.3) is 0 Å². The van der Waals surface area contributed by atoms with Crippen LogP contribution in [0.3, 0.4) is 0 Å². The second-order valence-electron chi connectivity index (χ2n) is 8.15. The summed E-state index contributed by atoms with van der Waals surface area (Å²) in [6.07, 6.45) is 0.0656. The van der Waals surface area contributed by atoms with Gasteiger partial charge in [-0.3, -0.25) is 4.79 Å². The fourth-order valence-corrected chi connectivity index (χ4v) is 2.11. The van der Waals surface area contributed by atoms with Crippen LogP contribution in [-0.4, -0.2) is 17.5 Å². The monoisotopic (exact) mass is 319 g/mol. The van der Waals surface area contributed by atoms with Crippen LogP contribution < -0.4 is 5.32 Å². The number of alkyl carbamates (subject to hydrolysis) is 1. The Hall–Kier alpha value is -1.84. The molecule has 1 N–H and O–H groups in total. The molecule has 0 aliphatic heterocycles. The molecule has 0 bridgehead atoms. The fraction of sp³-hybridized carbons (Fsp3) is 0.579. The standard InChI is InChI=1S/C19H29NO3/c1-13(20-17(22)23-19(5,6)7)14-8-10-15(11-9-14)16(21)12-18(2,3)4/h8-11,13H,12H2,1-7H3,(H,20,22)/t13-/m0/s1. The number of ether oxygens (including phenoxy) is 1. The number of amides is 1. The maximum Gasteiger partial charge on any atom is 0.408 e. The van der Waals surface area contributed by atoms with Gasteiger partial charge in [-0.05, 0) is 38.7 Å². The van der Waals surface area contributed by atoms with Crippen LogP contribution >= 0.6 is 0 Å². The minimum atomic E-state index is -0.521. The highest BCUT2D eigenvalue weighted by Crippen LogP contribution is 2.22. The van der Waals surface area contributed by atoms with Crippen LogP contribution in [0.4, 0.5) is 4.79 Å². The van der Waals surface area contributed by atoms with Crippen LogP contribution in [-0.2, 0) is 4.74 Å². The molecule has 4 nitrogen and oxygen atoms in total. The molecule has 23 heavy (non-hydrogen) atoms. The van der Waals surface area contributed by atoms with E-state index in [2.05, 4.69) is 5.32 Å². The van der Waals surface area contributed by atoms with Crippen molar-refractivity contribution in [3.05, 3.63) is 35.4 Å². The summed E-state index contributed by atoms with van der Waals surface area (Å²) < 4.78 is 5.24. The van der Waals surface area contributed by atoms with Gasteiger partial charge in [0.15, 0.2) is 5.78 Å². The minimum Gasteiger partial charge on any atom is -0.444 e. The van der Waals surface area contributed by atoms with Crippen LogP contribution in [0.5, 0.6) is 0 Å². The number of benzene rings is 1. The van der Waals surface area contributed by atoms with Gasteiger partial charge in [-0.25, -0.2) is 4.79 Å². The third-order valence-corrected chi connectivity index (χ3v) is 3.16. The molecule has 4 heteroatoms. The molecule has 1 aromatic rings. The molecule has 0 aromatic heterocycles. The molecule has 0 unspecified atom stereocenters. The Balaban J connectivity index is 2.69. The number of carbonyl (C=O) groups excluding carboxylic acids is 2. The van der Waals surface area contributed by atoms with Gasteiger partial charge in [-0.2, -0.15) is 0 Å². The molecule has 0 spiro atoms. The molecule has 1 amide bonds. The highest BCUT2D eigenvalue weighted by Gasteiger charge is 2.19. The van der Waals surface area contributed by atoms with E-state index < -0.39 is 11.7 Å². The van der Waals surface area contributed by atoms with E-state index in [1.54, 1.807) is 0 Å². The van der Waals surface area contributed by atoms with Crippen molar-refractivity contribution in [2.24, 2.45) is 5.41 Å². The van der Waals surface area contributed by atoms with Crippen molar-refractivity contribution in [2.75, 3.05) is 0 Å². The second-order valence-corrected chi connectivity index (χ2v) is 8.15. The van der Waals surface area contributed by atoms with E-state index in [0.717, 1.165) is 5.56 Å². The summed E-state index contributed by atoms with van der Waals surface area (Å²) in [6, 6.07) is 7.19. The van der Waals surface area contributed by atoms with Crippen molar-refractivity contribution >= 4 is 11.9 Å². The highest BCUT2D eigenvalue weighted by molar-refractivity contribution is 5.96. The molecule has 0 radical (unpaired) electrons. The molecule has 0 aliphatic carbocycles. The van der Waals surface area contributed by atoms with E-state index in [0.29, 0.717) is 12.0 Å². The van der Waals surface area contributed by atoms with Gasteiger partial charge in [-0.15, -0.1) is 0 Å². The van der Waals surface area contributed by atoms with Gasteiger partial charge in [0, 0.05) is 12.0 Å². The molecule has 128 valence electrons. The topological polar surface area (TPSA) is 55.4 Å². The SMILES string of the molecule is C[C@H](NC(=O)OC(C)(C)C)c1ccc(C(=O)CC(C)(C)C)cc1. The van der Waals surface area contributed by atoms with Crippen LogP contribution in [0.15, 0.2) is 24.3 Å². The minimum absolute atomic E-state index is 0.0265. The number of rotatable bonds is 4. The molecule has 0 saturated heterocycles. The maximum atomic E-state index is 12.2. The number of carbonyl (C=O) groups is 2. The van der Waals surface area contributed by atoms with E-state index in [-0.39, 0.29) is 17.2 Å². The fourth-order valence-electron chi connectivity index (χ4n) is 2.11. The number of hydrogen-bond acceptors (Lipinski definition) is 3. The molecule has 0 heterocycles. The zero-order valence-electron chi connectivity index (χ0n) is 15.3. The van der Waals surface area contributed by atoms with Crippen molar-refractivity contribution in [1.29, 1.82) is 0 Å². The molecule has 0 aliphatic rings. The molecular formula is C19H29NO3. The Morgan fingerprint density at radius 3 is 2.00 bits per heavy atom. The van der Waals surface area contributed by atoms with Gasteiger partial charge in [0.2, 0.25) is 0 Å². The summed E-state index contributed by atoms with van der Waals surface area (Å²) in [6.45, 7) is 13.5. The third kappa shape index (κ3) is 7.31. The molecular weight excluding hydrogens is 290 g/mol. The van der Waals surface area contributed by atoms with Crippen LogP contribution in [0.1, 0.15) is 76.9 Å². The van der Waals surface area contributed by atoms with Crippen LogP contribution in [0.2, 0.25) is 0 Å². The predicted molar refractivity (Wildman–Crippen MR) is 92.6 cm³/mol. The second kappa shape index (κ2) is 7.16. The lowest BCUT2D eigenvalue weighted by atomic mass is 9.87. The van der Waals surface area contributed by atoms with Gasteiger partial charge in [0.1, 0.15) is 5.60 Å². The van der Waals surface area contributed by atoms with E-state index in [1.807, 2.05) is 72.7 Å². The number of nitrogens with one attached hydrogen (secondary N) is 1.